The molecule has 0 aromatic heterocycles. The van der Waals surface area contributed by atoms with E-state index in [-0.39, 0.29) is 24.0 Å². The van der Waals surface area contributed by atoms with E-state index in [0.717, 1.165) is 6.42 Å². The van der Waals surface area contributed by atoms with Gasteiger partial charge in [-0.3, -0.25) is 9.59 Å². The predicted molar refractivity (Wildman–Crippen MR) is 89.3 cm³/mol. The highest BCUT2D eigenvalue weighted by molar-refractivity contribution is 8.76. The Bertz CT molecular complexity index is 317. The van der Waals surface area contributed by atoms with Crippen LogP contribution < -0.4 is 11.5 Å². The smallest absolute Gasteiger partial charge is 0.221 e. The maximum atomic E-state index is 11.4. The second-order valence-corrected chi connectivity index (χ2v) is 7.17. The van der Waals surface area contributed by atoms with Crippen molar-refractivity contribution in [3.63, 3.8) is 0 Å². The molecule has 0 aromatic carbocycles. The van der Waals surface area contributed by atoms with E-state index in [2.05, 4.69) is 0 Å². The van der Waals surface area contributed by atoms with Gasteiger partial charge in [-0.25, -0.2) is 0 Å². The van der Waals surface area contributed by atoms with Crippen LogP contribution in [-0.2, 0) is 23.8 Å². The zero-order chi connectivity index (χ0) is 16.8. The third kappa shape index (κ3) is 12.1. The molecule has 2 amide bonds. The van der Waals surface area contributed by atoms with E-state index in [1.165, 1.54) is 21.6 Å². The first kappa shape index (κ1) is 21.5. The van der Waals surface area contributed by atoms with Crippen molar-refractivity contribution in [1.29, 1.82) is 0 Å². The van der Waals surface area contributed by atoms with Crippen molar-refractivity contribution in [2.45, 2.75) is 25.6 Å². The van der Waals surface area contributed by atoms with Crippen LogP contribution in [-0.4, -0.2) is 57.0 Å². The summed E-state index contributed by atoms with van der Waals surface area (Å²) in [5, 5.41) is 0. The van der Waals surface area contributed by atoms with Gasteiger partial charge in [0.15, 0.2) is 6.29 Å². The molecular formula is C13H26N2O5S2. The normalized spacial score (nSPS) is 12.5. The van der Waals surface area contributed by atoms with Gasteiger partial charge in [0.1, 0.15) is 0 Å². The van der Waals surface area contributed by atoms with Gasteiger partial charge >= 0.3 is 0 Å². The highest BCUT2D eigenvalue weighted by atomic mass is 33.1. The van der Waals surface area contributed by atoms with E-state index in [0.29, 0.717) is 37.6 Å². The number of primary amides is 2. The SMILES string of the molecule is COC(COCCCC(CSSCCC(N)=O)C(N)=O)OC. The van der Waals surface area contributed by atoms with Crippen molar-refractivity contribution < 1.29 is 23.8 Å². The number of methoxy groups -OCH3 is 2. The maximum absolute atomic E-state index is 11.4. The highest BCUT2D eigenvalue weighted by Gasteiger charge is 2.15. The Morgan fingerprint density at radius 1 is 1.14 bits per heavy atom. The fraction of sp³-hybridized carbons (Fsp3) is 0.846. The zero-order valence-corrected chi connectivity index (χ0v) is 14.7. The minimum Gasteiger partial charge on any atom is -0.376 e. The summed E-state index contributed by atoms with van der Waals surface area (Å²) in [6.07, 6.45) is 1.38. The van der Waals surface area contributed by atoms with Crippen molar-refractivity contribution in [2.24, 2.45) is 17.4 Å². The number of ether oxygens (including phenoxy) is 3. The zero-order valence-electron chi connectivity index (χ0n) is 13.1. The topological polar surface area (TPSA) is 114 Å². The van der Waals surface area contributed by atoms with Gasteiger partial charge in [-0.05, 0) is 12.8 Å². The number of amides is 2. The Morgan fingerprint density at radius 3 is 2.36 bits per heavy atom. The van der Waals surface area contributed by atoms with E-state index >= 15 is 0 Å². The molecule has 0 radical (unpaired) electrons. The lowest BCUT2D eigenvalue weighted by Crippen LogP contribution is -2.26. The van der Waals surface area contributed by atoms with E-state index in [9.17, 15) is 9.59 Å². The maximum Gasteiger partial charge on any atom is 0.221 e. The van der Waals surface area contributed by atoms with Crippen LogP contribution in [0.3, 0.4) is 0 Å². The molecule has 0 aliphatic carbocycles. The predicted octanol–water partition coefficient (Wildman–Crippen LogP) is 0.760. The summed E-state index contributed by atoms with van der Waals surface area (Å²) in [5.74, 6) is 0.439. The van der Waals surface area contributed by atoms with E-state index in [1.54, 1.807) is 14.2 Å². The number of carbonyl (C=O) groups excluding carboxylic acids is 2. The molecule has 4 N–H and O–H groups in total. The average Bonchev–Trinajstić information content (AvgIpc) is 2.47. The van der Waals surface area contributed by atoms with E-state index < -0.39 is 0 Å². The van der Waals surface area contributed by atoms with Crippen molar-refractivity contribution in [2.75, 3.05) is 38.9 Å². The van der Waals surface area contributed by atoms with Crippen molar-refractivity contribution in [3.05, 3.63) is 0 Å². The molecule has 0 aliphatic heterocycles. The van der Waals surface area contributed by atoms with Gasteiger partial charge in [0.2, 0.25) is 11.8 Å². The Balaban J connectivity index is 3.72. The molecule has 7 nitrogen and oxygen atoms in total. The summed E-state index contributed by atoms with van der Waals surface area (Å²) in [7, 11) is 6.16. The molecule has 0 aromatic rings. The van der Waals surface area contributed by atoms with E-state index in [1.807, 2.05) is 0 Å². The molecule has 0 heterocycles. The first-order valence-corrected chi connectivity index (χ1v) is 9.45. The van der Waals surface area contributed by atoms with Gasteiger partial charge in [0.25, 0.3) is 0 Å². The van der Waals surface area contributed by atoms with E-state index in [4.69, 9.17) is 25.7 Å². The first-order valence-electron chi connectivity index (χ1n) is 6.96. The minimum atomic E-state index is -0.371. The lowest BCUT2D eigenvalue weighted by Gasteiger charge is -2.15. The summed E-state index contributed by atoms with van der Waals surface area (Å²) in [5.41, 5.74) is 10.4. The number of carbonyl (C=O) groups is 2. The monoisotopic (exact) mass is 354 g/mol. The van der Waals surface area contributed by atoms with Crippen LogP contribution in [0.1, 0.15) is 19.3 Å². The van der Waals surface area contributed by atoms with Crippen LogP contribution in [0.2, 0.25) is 0 Å². The van der Waals surface area contributed by atoms with Crippen molar-refractivity contribution >= 4 is 33.4 Å². The summed E-state index contributed by atoms with van der Waals surface area (Å²) >= 11 is 0. The van der Waals surface area contributed by atoms with Gasteiger partial charge in [-0.1, -0.05) is 21.6 Å². The van der Waals surface area contributed by atoms with Crippen LogP contribution in [0.5, 0.6) is 0 Å². The van der Waals surface area contributed by atoms with Gasteiger partial charge in [-0.15, -0.1) is 0 Å². The van der Waals surface area contributed by atoms with Gasteiger partial charge in [0.05, 0.1) is 6.61 Å². The van der Waals surface area contributed by atoms with Gasteiger partial charge < -0.3 is 25.7 Å². The first-order chi connectivity index (χ1) is 10.5. The summed E-state index contributed by atoms with van der Waals surface area (Å²) in [4.78, 5) is 22.0. The lowest BCUT2D eigenvalue weighted by atomic mass is 10.1. The second kappa shape index (κ2) is 14.1. The molecule has 1 unspecified atom stereocenters. The Kier molecular flexibility index (Phi) is 13.8. The van der Waals surface area contributed by atoms with Crippen LogP contribution >= 0.6 is 21.6 Å². The molecule has 0 aliphatic rings. The molecule has 0 fully saturated rings. The van der Waals surface area contributed by atoms with Crippen molar-refractivity contribution in [3.8, 4) is 0 Å². The Morgan fingerprint density at radius 2 is 1.82 bits per heavy atom. The molecular weight excluding hydrogens is 328 g/mol. The quantitative estimate of drug-likeness (QED) is 0.253. The number of rotatable bonds is 15. The summed E-state index contributed by atoms with van der Waals surface area (Å²) in [6.45, 7) is 0.873. The summed E-state index contributed by atoms with van der Waals surface area (Å²) in [6, 6.07) is 0. The molecule has 0 rings (SSSR count). The van der Waals surface area contributed by atoms with Crippen LogP contribution in [0.4, 0.5) is 0 Å². The van der Waals surface area contributed by atoms with Crippen LogP contribution in [0, 0.1) is 5.92 Å². The number of hydrogen-bond acceptors (Lipinski definition) is 7. The van der Waals surface area contributed by atoms with Crippen LogP contribution in [0.15, 0.2) is 0 Å². The minimum absolute atomic E-state index is 0.199. The van der Waals surface area contributed by atoms with Gasteiger partial charge in [0, 0.05) is 44.7 Å². The largest absolute Gasteiger partial charge is 0.376 e. The summed E-state index contributed by atoms with van der Waals surface area (Å²) < 4.78 is 15.4. The molecule has 0 bridgehead atoms. The number of nitrogens with two attached hydrogens (primary N) is 2. The third-order valence-electron chi connectivity index (χ3n) is 2.81. The van der Waals surface area contributed by atoms with Gasteiger partial charge in [-0.2, -0.15) is 0 Å². The molecule has 0 saturated heterocycles. The Hall–Kier alpha value is -0.480. The second-order valence-electron chi connectivity index (χ2n) is 4.54. The molecule has 9 heteroatoms. The average molecular weight is 354 g/mol. The lowest BCUT2D eigenvalue weighted by molar-refractivity contribution is -0.140. The standard InChI is InChI=1S/C13H26N2O5S2/c1-18-12(19-2)8-20-6-3-4-10(13(15)17)9-22-21-7-5-11(14)16/h10,12H,3-9H2,1-2H3,(H2,14,16)(H2,15,17). The fourth-order valence-corrected chi connectivity index (χ4v) is 3.86. The third-order valence-corrected chi connectivity index (χ3v) is 5.29. The molecule has 130 valence electrons. The molecule has 22 heavy (non-hydrogen) atoms. The number of hydrogen-bond donors (Lipinski definition) is 2. The molecule has 1 atom stereocenters. The fourth-order valence-electron chi connectivity index (χ4n) is 1.48. The Labute approximate surface area is 139 Å². The molecule has 0 spiro atoms. The van der Waals surface area contributed by atoms with Crippen LogP contribution in [0.25, 0.3) is 0 Å². The molecule has 0 saturated carbocycles. The highest BCUT2D eigenvalue weighted by Crippen LogP contribution is 2.26. The van der Waals surface area contributed by atoms with Crippen molar-refractivity contribution in [1.82, 2.24) is 0 Å².